The third-order valence-electron chi connectivity index (χ3n) is 2.86. The van der Waals surface area contributed by atoms with Crippen LogP contribution in [0.2, 0.25) is 0 Å². The second kappa shape index (κ2) is 8.07. The third kappa shape index (κ3) is 5.04. The molecule has 0 saturated heterocycles. The van der Waals surface area contributed by atoms with Gasteiger partial charge in [0.25, 0.3) is 11.6 Å². The van der Waals surface area contributed by atoms with Crippen LogP contribution in [-0.2, 0) is 0 Å². The number of hydrogen-bond donors (Lipinski definition) is 1. The summed E-state index contributed by atoms with van der Waals surface area (Å²) >= 11 is 6.42. The van der Waals surface area contributed by atoms with E-state index in [1.54, 1.807) is 0 Å². The summed E-state index contributed by atoms with van der Waals surface area (Å²) in [7, 11) is 0. The van der Waals surface area contributed by atoms with Crippen molar-refractivity contribution in [3.05, 3.63) is 67.1 Å². The first kappa shape index (κ1) is 17.4. The van der Waals surface area contributed by atoms with Gasteiger partial charge in [-0.05, 0) is 46.3 Å². The van der Waals surface area contributed by atoms with E-state index in [4.69, 9.17) is 4.74 Å². The van der Waals surface area contributed by atoms with Crippen molar-refractivity contribution in [2.24, 2.45) is 0 Å². The van der Waals surface area contributed by atoms with Crippen molar-refractivity contribution in [1.29, 1.82) is 0 Å². The Hall–Kier alpha value is -1.93. The van der Waals surface area contributed by atoms with E-state index in [0.29, 0.717) is 16.8 Å². The van der Waals surface area contributed by atoms with Crippen molar-refractivity contribution < 1.29 is 14.5 Å². The highest BCUT2D eigenvalue weighted by atomic mass is 79.9. The monoisotopic (exact) mass is 442 g/mol. The van der Waals surface area contributed by atoms with Crippen molar-refractivity contribution >= 4 is 43.5 Å². The summed E-state index contributed by atoms with van der Waals surface area (Å²) in [5, 5.41) is 13.5. The molecule has 2 aromatic carbocycles. The number of nitrogens with one attached hydrogen (secondary N) is 1. The molecule has 0 unspecified atom stereocenters. The standard InChI is InChI=1S/C15H12Br2N2O4/c16-11-2-1-3-12(9-11)23-7-6-18-15(20)10-4-5-13(17)14(8-10)19(21)22/h1-5,8-9H,6-7H2,(H,18,20). The lowest BCUT2D eigenvalue weighted by Crippen LogP contribution is -2.28. The Labute approximate surface area is 149 Å². The molecule has 8 heteroatoms. The molecule has 2 rings (SSSR count). The van der Waals surface area contributed by atoms with Crippen LogP contribution in [0.5, 0.6) is 5.75 Å². The molecule has 0 radical (unpaired) electrons. The molecule has 0 aliphatic rings. The number of hydrogen-bond acceptors (Lipinski definition) is 4. The lowest BCUT2D eigenvalue weighted by atomic mass is 10.2. The lowest BCUT2D eigenvalue weighted by Gasteiger charge is -2.08. The molecule has 23 heavy (non-hydrogen) atoms. The normalized spacial score (nSPS) is 10.2. The van der Waals surface area contributed by atoms with Crippen molar-refractivity contribution in [2.45, 2.75) is 0 Å². The summed E-state index contributed by atoms with van der Waals surface area (Å²) in [6.45, 7) is 0.579. The fraction of sp³-hybridized carbons (Fsp3) is 0.133. The lowest BCUT2D eigenvalue weighted by molar-refractivity contribution is -0.385. The molecule has 6 nitrogen and oxygen atoms in total. The number of halogens is 2. The molecule has 0 spiro atoms. The Morgan fingerprint density at radius 1 is 1.22 bits per heavy atom. The van der Waals surface area contributed by atoms with Gasteiger partial charge in [0.15, 0.2) is 0 Å². The first-order valence-electron chi connectivity index (χ1n) is 6.58. The van der Waals surface area contributed by atoms with Gasteiger partial charge in [0.1, 0.15) is 12.4 Å². The van der Waals surface area contributed by atoms with Gasteiger partial charge < -0.3 is 10.1 Å². The van der Waals surface area contributed by atoms with Crippen LogP contribution in [0.4, 0.5) is 5.69 Å². The molecule has 0 atom stereocenters. The molecule has 0 saturated carbocycles. The fourth-order valence-corrected chi connectivity index (χ4v) is 2.56. The van der Waals surface area contributed by atoms with E-state index in [2.05, 4.69) is 37.2 Å². The Balaban J connectivity index is 1.88. The summed E-state index contributed by atoms with van der Waals surface area (Å²) in [5.74, 6) is 0.298. The number of benzene rings is 2. The molecular weight excluding hydrogens is 432 g/mol. The maximum atomic E-state index is 12.0. The summed E-state index contributed by atoms with van der Waals surface area (Å²) in [6, 6.07) is 11.6. The number of nitrogens with zero attached hydrogens (tertiary/aromatic N) is 1. The quantitative estimate of drug-likeness (QED) is 0.416. The average molecular weight is 444 g/mol. The van der Waals surface area contributed by atoms with Crippen LogP contribution in [0.1, 0.15) is 10.4 Å². The number of nitro groups is 1. The maximum Gasteiger partial charge on any atom is 0.284 e. The van der Waals surface area contributed by atoms with Crippen LogP contribution >= 0.6 is 31.9 Å². The van der Waals surface area contributed by atoms with E-state index in [0.717, 1.165) is 4.47 Å². The number of carbonyl (C=O) groups excluding carboxylic acids is 1. The smallest absolute Gasteiger partial charge is 0.284 e. The molecule has 0 aliphatic carbocycles. The van der Waals surface area contributed by atoms with Gasteiger partial charge >= 0.3 is 0 Å². The predicted molar refractivity (Wildman–Crippen MR) is 92.8 cm³/mol. The second-order valence-electron chi connectivity index (χ2n) is 4.49. The molecule has 2 aromatic rings. The van der Waals surface area contributed by atoms with Crippen LogP contribution < -0.4 is 10.1 Å². The van der Waals surface area contributed by atoms with E-state index < -0.39 is 10.8 Å². The van der Waals surface area contributed by atoms with Gasteiger partial charge in [-0.25, -0.2) is 0 Å². The number of carbonyl (C=O) groups is 1. The molecule has 1 amide bonds. The van der Waals surface area contributed by atoms with Crippen LogP contribution in [-0.4, -0.2) is 24.0 Å². The van der Waals surface area contributed by atoms with Crippen molar-refractivity contribution in [1.82, 2.24) is 5.32 Å². The maximum absolute atomic E-state index is 12.0. The van der Waals surface area contributed by atoms with Crippen LogP contribution in [0.3, 0.4) is 0 Å². The zero-order valence-electron chi connectivity index (χ0n) is 11.8. The van der Waals surface area contributed by atoms with Gasteiger partial charge in [-0.3, -0.25) is 14.9 Å². The SMILES string of the molecule is O=C(NCCOc1cccc(Br)c1)c1ccc(Br)c([N+](=O)[O-])c1. The van der Waals surface area contributed by atoms with E-state index >= 15 is 0 Å². The third-order valence-corrected chi connectivity index (χ3v) is 4.02. The average Bonchev–Trinajstić information content (AvgIpc) is 2.51. The second-order valence-corrected chi connectivity index (χ2v) is 6.26. The molecule has 1 N–H and O–H groups in total. The van der Waals surface area contributed by atoms with Gasteiger partial charge in [0.2, 0.25) is 0 Å². The molecule has 120 valence electrons. The number of amides is 1. The van der Waals surface area contributed by atoms with Crippen LogP contribution in [0.25, 0.3) is 0 Å². The van der Waals surface area contributed by atoms with Crippen LogP contribution in [0.15, 0.2) is 51.4 Å². The van der Waals surface area contributed by atoms with E-state index in [1.807, 2.05) is 24.3 Å². The van der Waals surface area contributed by atoms with Gasteiger partial charge in [0.05, 0.1) is 15.9 Å². The Kier molecular flexibility index (Phi) is 6.12. The van der Waals surface area contributed by atoms with Gasteiger partial charge in [-0.1, -0.05) is 22.0 Å². The Morgan fingerprint density at radius 2 is 2.00 bits per heavy atom. The molecule has 0 bridgehead atoms. The topological polar surface area (TPSA) is 81.5 Å². The van der Waals surface area contributed by atoms with Crippen molar-refractivity contribution in [2.75, 3.05) is 13.2 Å². The van der Waals surface area contributed by atoms with Crippen LogP contribution in [0, 0.1) is 10.1 Å². The summed E-state index contributed by atoms with van der Waals surface area (Å²) in [5.41, 5.74) is 0.0744. The van der Waals surface area contributed by atoms with E-state index in [9.17, 15) is 14.9 Å². The molecule has 0 fully saturated rings. The van der Waals surface area contributed by atoms with Gasteiger partial charge in [0, 0.05) is 16.1 Å². The summed E-state index contributed by atoms with van der Waals surface area (Å²) < 4.78 is 6.73. The zero-order chi connectivity index (χ0) is 16.8. The van der Waals surface area contributed by atoms with Crippen molar-refractivity contribution in [3.63, 3.8) is 0 Å². The first-order chi connectivity index (χ1) is 11.0. The number of nitro benzene ring substituents is 1. The van der Waals surface area contributed by atoms with E-state index in [-0.39, 0.29) is 17.8 Å². The van der Waals surface area contributed by atoms with Gasteiger partial charge in [-0.2, -0.15) is 0 Å². The summed E-state index contributed by atoms with van der Waals surface area (Å²) in [4.78, 5) is 22.3. The summed E-state index contributed by atoms with van der Waals surface area (Å²) in [6.07, 6.45) is 0. The zero-order valence-corrected chi connectivity index (χ0v) is 15.0. The highest BCUT2D eigenvalue weighted by Crippen LogP contribution is 2.25. The Morgan fingerprint density at radius 3 is 2.70 bits per heavy atom. The minimum Gasteiger partial charge on any atom is -0.492 e. The Bertz CT molecular complexity index is 737. The molecule has 0 aliphatic heterocycles. The fourth-order valence-electron chi connectivity index (χ4n) is 1.79. The molecule has 0 heterocycles. The predicted octanol–water partition coefficient (Wildman–Crippen LogP) is 3.93. The largest absolute Gasteiger partial charge is 0.492 e. The van der Waals surface area contributed by atoms with Crippen molar-refractivity contribution in [3.8, 4) is 5.75 Å². The molecule has 0 aromatic heterocycles. The first-order valence-corrected chi connectivity index (χ1v) is 8.16. The number of ether oxygens (including phenoxy) is 1. The highest BCUT2D eigenvalue weighted by molar-refractivity contribution is 9.10. The van der Waals surface area contributed by atoms with E-state index in [1.165, 1.54) is 18.2 Å². The minimum atomic E-state index is -0.544. The number of rotatable bonds is 6. The molecular formula is C15H12Br2N2O4. The minimum absolute atomic E-state index is 0.150. The van der Waals surface area contributed by atoms with Gasteiger partial charge in [-0.15, -0.1) is 0 Å². The highest BCUT2D eigenvalue weighted by Gasteiger charge is 2.15.